The number of hydrogen-bond donors (Lipinski definition) is 0. The maximum absolute atomic E-state index is 11.6. The van der Waals surface area contributed by atoms with Crippen molar-refractivity contribution in [3.05, 3.63) is 0 Å². The SMILES string of the molecule is C.C.CC(C)C(=O)N1CCN(C)CC1.CCN1CCN(C(=O)C(C)C)CC1. The van der Waals surface area contributed by atoms with Gasteiger partial charge in [-0.1, -0.05) is 49.5 Å². The maximum Gasteiger partial charge on any atom is 0.225 e. The van der Waals surface area contributed by atoms with Crippen LogP contribution in [0.2, 0.25) is 0 Å². The average Bonchev–Trinajstić information content (AvgIpc) is 2.61. The van der Waals surface area contributed by atoms with Crippen LogP contribution in [0.3, 0.4) is 0 Å². The van der Waals surface area contributed by atoms with Gasteiger partial charge < -0.3 is 19.6 Å². The third kappa shape index (κ3) is 9.56. The van der Waals surface area contributed by atoms with E-state index in [-0.39, 0.29) is 26.7 Å². The summed E-state index contributed by atoms with van der Waals surface area (Å²) in [4.78, 5) is 31.7. The second-order valence-electron chi connectivity index (χ2n) is 7.70. The molecule has 6 nitrogen and oxygen atoms in total. The number of nitrogens with zero attached hydrogens (tertiary/aromatic N) is 4. The van der Waals surface area contributed by atoms with Gasteiger partial charge in [0.15, 0.2) is 0 Å². The van der Waals surface area contributed by atoms with Crippen molar-refractivity contribution in [1.29, 1.82) is 0 Å². The summed E-state index contributed by atoms with van der Waals surface area (Å²) in [5.41, 5.74) is 0. The third-order valence-electron chi connectivity index (χ3n) is 4.93. The molecular formula is C21H46N4O2. The molecule has 2 aliphatic heterocycles. The number of piperazine rings is 2. The summed E-state index contributed by atoms with van der Waals surface area (Å²) in [5.74, 6) is 0.889. The second kappa shape index (κ2) is 13.9. The zero-order chi connectivity index (χ0) is 19.0. The summed E-state index contributed by atoms with van der Waals surface area (Å²) in [6.45, 7) is 18.8. The van der Waals surface area contributed by atoms with Gasteiger partial charge in [-0.15, -0.1) is 0 Å². The molecule has 6 heteroatoms. The van der Waals surface area contributed by atoms with Crippen molar-refractivity contribution in [2.75, 3.05) is 66.0 Å². The smallest absolute Gasteiger partial charge is 0.225 e. The Morgan fingerprint density at radius 2 is 1.04 bits per heavy atom. The normalized spacial score (nSPS) is 18.4. The molecule has 0 bridgehead atoms. The summed E-state index contributed by atoms with van der Waals surface area (Å²) in [6.07, 6.45) is 0. The van der Waals surface area contributed by atoms with Gasteiger partial charge in [0.25, 0.3) is 0 Å². The first kappa shape index (κ1) is 28.1. The molecule has 0 aromatic carbocycles. The van der Waals surface area contributed by atoms with Crippen molar-refractivity contribution in [2.45, 2.75) is 49.5 Å². The molecule has 2 rings (SSSR count). The van der Waals surface area contributed by atoms with Crippen LogP contribution >= 0.6 is 0 Å². The highest BCUT2D eigenvalue weighted by Gasteiger charge is 2.22. The van der Waals surface area contributed by atoms with Gasteiger partial charge in [-0.05, 0) is 13.6 Å². The quantitative estimate of drug-likeness (QED) is 0.748. The van der Waals surface area contributed by atoms with Crippen LogP contribution in [-0.2, 0) is 9.59 Å². The Labute approximate surface area is 168 Å². The molecule has 0 N–H and O–H groups in total. The molecule has 2 saturated heterocycles. The molecular weight excluding hydrogens is 340 g/mol. The summed E-state index contributed by atoms with van der Waals surface area (Å²) in [7, 11) is 2.09. The predicted molar refractivity (Wildman–Crippen MR) is 116 cm³/mol. The first-order valence-corrected chi connectivity index (χ1v) is 9.74. The highest BCUT2D eigenvalue weighted by molar-refractivity contribution is 5.78. The molecule has 2 amide bonds. The molecule has 0 unspecified atom stereocenters. The van der Waals surface area contributed by atoms with E-state index in [2.05, 4.69) is 23.8 Å². The number of likely N-dealkylation sites (N-methyl/N-ethyl adjacent to an activating group) is 2. The van der Waals surface area contributed by atoms with E-state index in [1.165, 1.54) is 0 Å². The van der Waals surface area contributed by atoms with Crippen molar-refractivity contribution >= 4 is 11.8 Å². The Hall–Kier alpha value is -1.14. The van der Waals surface area contributed by atoms with Crippen molar-refractivity contribution < 1.29 is 9.59 Å². The van der Waals surface area contributed by atoms with E-state index in [0.29, 0.717) is 11.8 Å². The van der Waals surface area contributed by atoms with Crippen LogP contribution in [0.4, 0.5) is 0 Å². The van der Waals surface area contributed by atoms with Crippen LogP contribution in [0, 0.1) is 11.8 Å². The van der Waals surface area contributed by atoms with Gasteiger partial charge in [-0.3, -0.25) is 9.59 Å². The standard InChI is InChI=1S/C10H20N2O.C9H18N2O.2CH4/c1-4-11-5-7-12(8-6-11)10(13)9(2)3;1-8(2)9(12)11-6-4-10(3)5-7-11;;/h9H,4-8H2,1-3H3;8H,4-7H2,1-3H3;2*1H4. The fourth-order valence-corrected chi connectivity index (χ4v) is 3.04. The minimum absolute atomic E-state index is 0. The predicted octanol–water partition coefficient (Wildman–Crippen LogP) is 2.50. The Morgan fingerprint density at radius 3 is 1.33 bits per heavy atom. The van der Waals surface area contributed by atoms with Crippen LogP contribution in [0.1, 0.15) is 49.5 Å². The lowest BCUT2D eigenvalue weighted by atomic mass is 10.1. The minimum Gasteiger partial charge on any atom is -0.340 e. The monoisotopic (exact) mass is 386 g/mol. The van der Waals surface area contributed by atoms with Crippen molar-refractivity contribution in [3.8, 4) is 0 Å². The highest BCUT2D eigenvalue weighted by Crippen LogP contribution is 2.06. The second-order valence-corrected chi connectivity index (χ2v) is 7.70. The molecule has 0 spiro atoms. The summed E-state index contributed by atoms with van der Waals surface area (Å²) in [6, 6.07) is 0. The average molecular weight is 387 g/mol. The first-order chi connectivity index (χ1) is 11.8. The van der Waals surface area contributed by atoms with Gasteiger partial charge in [0.2, 0.25) is 11.8 Å². The van der Waals surface area contributed by atoms with Gasteiger partial charge in [-0.25, -0.2) is 0 Å². The lowest BCUT2D eigenvalue weighted by molar-refractivity contribution is -0.136. The van der Waals surface area contributed by atoms with Crippen LogP contribution in [0.25, 0.3) is 0 Å². The van der Waals surface area contributed by atoms with Crippen molar-refractivity contribution in [1.82, 2.24) is 19.6 Å². The van der Waals surface area contributed by atoms with E-state index >= 15 is 0 Å². The number of hydrogen-bond acceptors (Lipinski definition) is 4. The lowest BCUT2D eigenvalue weighted by Gasteiger charge is -2.34. The largest absolute Gasteiger partial charge is 0.340 e. The summed E-state index contributed by atoms with van der Waals surface area (Å²) in [5, 5.41) is 0. The molecule has 0 radical (unpaired) electrons. The summed E-state index contributed by atoms with van der Waals surface area (Å²) < 4.78 is 0. The van der Waals surface area contributed by atoms with Crippen LogP contribution in [0.5, 0.6) is 0 Å². The highest BCUT2D eigenvalue weighted by atomic mass is 16.2. The topological polar surface area (TPSA) is 47.1 Å². The Morgan fingerprint density at radius 1 is 0.704 bits per heavy atom. The Balaban J connectivity index is 0. The number of carbonyl (C=O) groups excluding carboxylic acids is 2. The van der Waals surface area contributed by atoms with E-state index in [1.807, 2.05) is 37.5 Å². The Bertz CT molecular complexity index is 410. The van der Waals surface area contributed by atoms with E-state index in [0.717, 1.165) is 58.9 Å². The van der Waals surface area contributed by atoms with Crippen LogP contribution < -0.4 is 0 Å². The van der Waals surface area contributed by atoms with E-state index in [4.69, 9.17) is 0 Å². The van der Waals surface area contributed by atoms with Crippen LogP contribution in [-0.4, -0.2) is 97.4 Å². The van der Waals surface area contributed by atoms with Gasteiger partial charge in [0.1, 0.15) is 0 Å². The molecule has 0 aliphatic carbocycles. The van der Waals surface area contributed by atoms with E-state index < -0.39 is 0 Å². The lowest BCUT2D eigenvalue weighted by Crippen LogP contribution is -2.49. The molecule has 0 aromatic heterocycles. The number of rotatable bonds is 3. The van der Waals surface area contributed by atoms with Gasteiger partial charge >= 0.3 is 0 Å². The molecule has 0 atom stereocenters. The van der Waals surface area contributed by atoms with Crippen molar-refractivity contribution in [2.24, 2.45) is 11.8 Å². The molecule has 2 aliphatic rings. The van der Waals surface area contributed by atoms with E-state index in [9.17, 15) is 9.59 Å². The fraction of sp³-hybridized carbons (Fsp3) is 0.905. The number of amides is 2. The fourth-order valence-electron chi connectivity index (χ4n) is 3.04. The van der Waals surface area contributed by atoms with E-state index in [1.54, 1.807) is 0 Å². The first-order valence-electron chi connectivity index (χ1n) is 9.74. The molecule has 2 fully saturated rings. The molecule has 27 heavy (non-hydrogen) atoms. The Kier molecular flexibility index (Phi) is 14.5. The molecule has 162 valence electrons. The molecule has 0 aromatic rings. The van der Waals surface area contributed by atoms with Gasteiger partial charge in [-0.2, -0.15) is 0 Å². The van der Waals surface area contributed by atoms with Crippen LogP contribution in [0.15, 0.2) is 0 Å². The molecule has 2 heterocycles. The maximum atomic E-state index is 11.6. The zero-order valence-electron chi connectivity index (χ0n) is 17.1. The van der Waals surface area contributed by atoms with Crippen molar-refractivity contribution in [3.63, 3.8) is 0 Å². The minimum atomic E-state index is 0. The van der Waals surface area contributed by atoms with Gasteiger partial charge in [0, 0.05) is 64.2 Å². The number of carbonyl (C=O) groups is 2. The zero-order valence-corrected chi connectivity index (χ0v) is 17.1. The summed E-state index contributed by atoms with van der Waals surface area (Å²) >= 11 is 0. The third-order valence-corrected chi connectivity index (χ3v) is 4.93. The van der Waals surface area contributed by atoms with Gasteiger partial charge in [0.05, 0.1) is 0 Å². The molecule has 0 saturated carbocycles.